The Kier molecular flexibility index (Phi) is 4.75. The summed E-state index contributed by atoms with van der Waals surface area (Å²) in [6, 6.07) is -0.799. The van der Waals surface area contributed by atoms with Gasteiger partial charge in [0.05, 0.1) is 19.3 Å². The Labute approximate surface area is 106 Å². The van der Waals surface area contributed by atoms with Crippen LogP contribution in [0.2, 0.25) is 0 Å². The fourth-order valence-corrected chi connectivity index (χ4v) is 1.58. The van der Waals surface area contributed by atoms with E-state index < -0.39 is 42.7 Å². The molecule has 6 nitrogen and oxygen atoms in total. The second-order valence-electron chi connectivity index (χ2n) is 4.47. The van der Waals surface area contributed by atoms with Crippen molar-refractivity contribution in [1.29, 1.82) is 0 Å². The maximum atomic E-state index is 11.8. The van der Waals surface area contributed by atoms with Gasteiger partial charge in [0.2, 0.25) is 5.91 Å². The number of carboxylic acid groups (broad SMARTS) is 1. The first-order chi connectivity index (χ1) is 8.65. The maximum Gasteiger partial charge on any atom is 0.411 e. The average Bonchev–Trinajstić information content (AvgIpc) is 2.59. The van der Waals surface area contributed by atoms with Crippen LogP contribution in [0.15, 0.2) is 0 Å². The molecule has 110 valence electrons. The fraction of sp³-hybridized carbons (Fsp3) is 0.800. The van der Waals surface area contributed by atoms with Crippen LogP contribution in [0.4, 0.5) is 13.2 Å². The minimum atomic E-state index is -4.51. The molecule has 1 aliphatic heterocycles. The summed E-state index contributed by atoms with van der Waals surface area (Å²) < 4.78 is 44.5. The normalized spacial score (nSPS) is 27.3. The van der Waals surface area contributed by atoms with Crippen molar-refractivity contribution < 1.29 is 37.3 Å². The number of hydrogen-bond acceptors (Lipinski definition) is 4. The van der Waals surface area contributed by atoms with Gasteiger partial charge < -0.3 is 19.9 Å². The molecule has 2 atom stereocenters. The average molecular weight is 285 g/mol. The van der Waals surface area contributed by atoms with E-state index in [0.29, 0.717) is 0 Å². The number of carboxylic acids is 1. The minimum Gasteiger partial charge on any atom is -0.481 e. The van der Waals surface area contributed by atoms with Gasteiger partial charge in [-0.2, -0.15) is 13.2 Å². The summed E-state index contributed by atoms with van der Waals surface area (Å²) in [4.78, 5) is 22.4. The van der Waals surface area contributed by atoms with Crippen LogP contribution in [-0.2, 0) is 19.1 Å². The van der Waals surface area contributed by atoms with Gasteiger partial charge in [0.1, 0.15) is 18.6 Å². The molecule has 19 heavy (non-hydrogen) atoms. The summed E-state index contributed by atoms with van der Waals surface area (Å²) in [6.07, 6.45) is -4.51. The number of amides is 1. The molecule has 2 unspecified atom stereocenters. The highest BCUT2D eigenvalue weighted by Crippen LogP contribution is 2.28. The van der Waals surface area contributed by atoms with Gasteiger partial charge in [-0.1, -0.05) is 0 Å². The highest BCUT2D eigenvalue weighted by atomic mass is 19.4. The van der Waals surface area contributed by atoms with E-state index in [4.69, 9.17) is 9.84 Å². The van der Waals surface area contributed by atoms with Crippen LogP contribution in [-0.4, -0.2) is 55.6 Å². The molecule has 1 amide bonds. The number of aliphatic carboxylic acids is 1. The van der Waals surface area contributed by atoms with E-state index in [0.717, 1.165) is 0 Å². The molecule has 0 bridgehead atoms. The Morgan fingerprint density at radius 1 is 1.53 bits per heavy atom. The number of halogens is 3. The molecule has 1 heterocycles. The van der Waals surface area contributed by atoms with Crippen molar-refractivity contribution in [3.63, 3.8) is 0 Å². The van der Waals surface area contributed by atoms with E-state index >= 15 is 0 Å². The Morgan fingerprint density at radius 3 is 2.68 bits per heavy atom. The lowest BCUT2D eigenvalue weighted by molar-refractivity contribution is -0.175. The maximum absolute atomic E-state index is 11.8. The lowest BCUT2D eigenvalue weighted by atomic mass is 9.85. The molecular weight excluding hydrogens is 271 g/mol. The molecule has 0 aromatic heterocycles. The molecule has 0 aromatic carbocycles. The first-order valence-corrected chi connectivity index (χ1v) is 5.40. The van der Waals surface area contributed by atoms with Crippen LogP contribution in [0.1, 0.15) is 6.92 Å². The van der Waals surface area contributed by atoms with E-state index in [1.54, 1.807) is 0 Å². The van der Waals surface area contributed by atoms with Crippen LogP contribution in [0.5, 0.6) is 0 Å². The summed E-state index contributed by atoms with van der Waals surface area (Å²) in [5, 5.41) is 11.3. The second kappa shape index (κ2) is 5.74. The van der Waals surface area contributed by atoms with Crippen LogP contribution >= 0.6 is 0 Å². The summed E-state index contributed by atoms with van der Waals surface area (Å²) >= 11 is 0. The highest BCUT2D eigenvalue weighted by Gasteiger charge is 2.47. The van der Waals surface area contributed by atoms with Crippen LogP contribution < -0.4 is 5.32 Å². The van der Waals surface area contributed by atoms with Gasteiger partial charge in [-0.05, 0) is 6.92 Å². The zero-order chi connectivity index (χ0) is 14.7. The van der Waals surface area contributed by atoms with Crippen molar-refractivity contribution >= 4 is 11.9 Å². The number of carbonyl (C=O) groups excluding carboxylic acids is 1. The summed E-state index contributed by atoms with van der Waals surface area (Å²) in [5.74, 6) is -1.96. The van der Waals surface area contributed by atoms with E-state index in [2.05, 4.69) is 10.1 Å². The van der Waals surface area contributed by atoms with Crippen molar-refractivity contribution in [2.75, 3.05) is 26.4 Å². The largest absolute Gasteiger partial charge is 0.481 e. The minimum absolute atomic E-state index is 0.00614. The standard InChI is InChI=1S/C10H14F3NO5/c1-9(8(16)17)4-18-2-6(9)14-7(15)3-19-5-10(11,12)13/h6H,2-5H2,1H3,(H,14,15)(H,16,17). The quantitative estimate of drug-likeness (QED) is 0.752. The van der Waals surface area contributed by atoms with E-state index in [1.807, 2.05) is 0 Å². The molecule has 0 radical (unpaired) electrons. The molecule has 0 spiro atoms. The number of rotatable bonds is 5. The first-order valence-electron chi connectivity index (χ1n) is 5.40. The first kappa shape index (κ1) is 15.7. The molecule has 0 aliphatic carbocycles. The monoisotopic (exact) mass is 285 g/mol. The second-order valence-corrected chi connectivity index (χ2v) is 4.47. The molecule has 1 aliphatic rings. The van der Waals surface area contributed by atoms with E-state index in [9.17, 15) is 22.8 Å². The number of ether oxygens (including phenoxy) is 2. The molecule has 1 fully saturated rings. The van der Waals surface area contributed by atoms with Gasteiger partial charge in [0.25, 0.3) is 0 Å². The van der Waals surface area contributed by atoms with E-state index in [-0.39, 0.29) is 13.2 Å². The van der Waals surface area contributed by atoms with E-state index in [1.165, 1.54) is 6.92 Å². The molecule has 1 saturated heterocycles. The third-order valence-corrected chi connectivity index (χ3v) is 2.78. The number of hydrogen-bond donors (Lipinski definition) is 2. The van der Waals surface area contributed by atoms with Crippen LogP contribution in [0.3, 0.4) is 0 Å². The molecule has 9 heteroatoms. The summed E-state index contributed by atoms with van der Waals surface area (Å²) in [6.45, 7) is -1.00. The van der Waals surface area contributed by atoms with Crippen molar-refractivity contribution in [1.82, 2.24) is 5.32 Å². The van der Waals surface area contributed by atoms with Crippen LogP contribution in [0, 0.1) is 5.41 Å². The van der Waals surface area contributed by atoms with Gasteiger partial charge in [-0.15, -0.1) is 0 Å². The van der Waals surface area contributed by atoms with Crippen LogP contribution in [0.25, 0.3) is 0 Å². The lowest BCUT2D eigenvalue weighted by Gasteiger charge is -2.25. The Hall–Kier alpha value is -1.35. The predicted octanol–water partition coefficient (Wildman–Crippen LogP) is 0.171. The topological polar surface area (TPSA) is 84.9 Å². The molecule has 2 N–H and O–H groups in total. The smallest absolute Gasteiger partial charge is 0.411 e. The third kappa shape index (κ3) is 4.35. The van der Waals surface area contributed by atoms with Gasteiger partial charge in [-0.3, -0.25) is 9.59 Å². The van der Waals surface area contributed by atoms with Crippen molar-refractivity contribution in [3.05, 3.63) is 0 Å². The molecule has 1 rings (SSSR count). The zero-order valence-corrected chi connectivity index (χ0v) is 10.1. The van der Waals surface area contributed by atoms with Gasteiger partial charge >= 0.3 is 12.1 Å². The Morgan fingerprint density at radius 2 is 2.16 bits per heavy atom. The van der Waals surface area contributed by atoms with Crippen molar-refractivity contribution in [2.45, 2.75) is 19.1 Å². The van der Waals surface area contributed by atoms with Crippen molar-refractivity contribution in [2.24, 2.45) is 5.41 Å². The van der Waals surface area contributed by atoms with Crippen molar-refractivity contribution in [3.8, 4) is 0 Å². The molecule has 0 aromatic rings. The molecule has 0 saturated carbocycles. The number of alkyl halides is 3. The SMILES string of the molecule is CC1(C(=O)O)COCC1NC(=O)COCC(F)(F)F. The predicted molar refractivity (Wildman–Crippen MR) is 55.4 cm³/mol. The lowest BCUT2D eigenvalue weighted by Crippen LogP contribution is -2.50. The van der Waals surface area contributed by atoms with Gasteiger partial charge in [0.15, 0.2) is 0 Å². The Balaban J connectivity index is 2.42. The fourth-order valence-electron chi connectivity index (χ4n) is 1.58. The molecular formula is C10H14F3NO5. The highest BCUT2D eigenvalue weighted by molar-refractivity contribution is 5.81. The summed E-state index contributed by atoms with van der Waals surface area (Å²) in [5.41, 5.74) is -1.29. The third-order valence-electron chi connectivity index (χ3n) is 2.78. The number of carbonyl (C=O) groups is 2. The zero-order valence-electron chi connectivity index (χ0n) is 10.1. The number of nitrogens with one attached hydrogen (secondary N) is 1. The Bertz CT molecular complexity index is 360. The summed E-state index contributed by atoms with van der Waals surface area (Å²) in [7, 11) is 0. The van der Waals surface area contributed by atoms with Gasteiger partial charge in [-0.25, -0.2) is 0 Å². The van der Waals surface area contributed by atoms with Gasteiger partial charge in [0, 0.05) is 0 Å².